The molecule has 0 bridgehead atoms. The van der Waals surface area contributed by atoms with Gasteiger partial charge >= 0.3 is 0 Å². The summed E-state index contributed by atoms with van der Waals surface area (Å²) in [6.45, 7) is 6.85. The van der Waals surface area contributed by atoms with Crippen LogP contribution in [0.3, 0.4) is 0 Å². The van der Waals surface area contributed by atoms with E-state index in [1.807, 2.05) is 13.0 Å². The van der Waals surface area contributed by atoms with Gasteiger partial charge in [0.1, 0.15) is 0 Å². The normalized spacial score (nSPS) is 12.5. The number of rotatable bonds is 7. The maximum Gasteiger partial charge on any atom is 0.224 e. The Kier molecular flexibility index (Phi) is 7.50. The lowest BCUT2D eigenvalue weighted by molar-refractivity contribution is -0.116. The van der Waals surface area contributed by atoms with E-state index in [-0.39, 0.29) is 5.91 Å². The van der Waals surface area contributed by atoms with Gasteiger partial charge in [-0.25, -0.2) is 0 Å². The summed E-state index contributed by atoms with van der Waals surface area (Å²) in [7, 11) is 0. The number of nitrogens with one attached hydrogen (secondary N) is 1. The van der Waals surface area contributed by atoms with Crippen LogP contribution in [-0.4, -0.2) is 12.5 Å². The van der Waals surface area contributed by atoms with Gasteiger partial charge in [-0.05, 0) is 49.8 Å². The Hall–Kier alpha value is -0.770. The molecule has 1 aromatic carbocycles. The van der Waals surface area contributed by atoms with Gasteiger partial charge in [0, 0.05) is 6.42 Å². The fourth-order valence-corrected chi connectivity index (χ4v) is 2.78. The van der Waals surface area contributed by atoms with Crippen LogP contribution >= 0.6 is 23.2 Å². The van der Waals surface area contributed by atoms with Gasteiger partial charge in [-0.3, -0.25) is 4.79 Å². The molecule has 1 amide bonds. The molecule has 0 aliphatic rings. The van der Waals surface area contributed by atoms with E-state index in [2.05, 4.69) is 19.2 Å². The molecule has 0 fully saturated rings. The SMILES string of the molecule is Cc1ccc(Cl)c(NC(=O)CCC(CCN)C(C)C)c1Cl. The van der Waals surface area contributed by atoms with Crippen LogP contribution in [-0.2, 0) is 4.79 Å². The quantitative estimate of drug-likeness (QED) is 0.764. The molecule has 21 heavy (non-hydrogen) atoms. The van der Waals surface area contributed by atoms with Crippen LogP contribution in [0, 0.1) is 18.8 Å². The lowest BCUT2D eigenvalue weighted by atomic mass is 9.88. The lowest BCUT2D eigenvalue weighted by Crippen LogP contribution is -2.18. The number of hydrogen-bond acceptors (Lipinski definition) is 2. The topological polar surface area (TPSA) is 55.1 Å². The number of nitrogens with two attached hydrogens (primary N) is 1. The Morgan fingerprint density at radius 1 is 1.29 bits per heavy atom. The number of aryl methyl sites for hydroxylation is 1. The molecule has 118 valence electrons. The number of carbonyl (C=O) groups excluding carboxylic acids is 1. The molecule has 0 heterocycles. The smallest absolute Gasteiger partial charge is 0.224 e. The van der Waals surface area contributed by atoms with Crippen molar-refractivity contribution in [3.63, 3.8) is 0 Å². The summed E-state index contributed by atoms with van der Waals surface area (Å²) in [5.41, 5.74) is 7.01. The molecule has 3 nitrogen and oxygen atoms in total. The zero-order chi connectivity index (χ0) is 16.0. The summed E-state index contributed by atoms with van der Waals surface area (Å²) in [5.74, 6) is 0.920. The highest BCUT2D eigenvalue weighted by molar-refractivity contribution is 6.40. The first-order chi connectivity index (χ1) is 9.86. The average molecular weight is 331 g/mol. The number of anilines is 1. The summed E-state index contributed by atoms with van der Waals surface area (Å²) in [6.07, 6.45) is 2.21. The summed E-state index contributed by atoms with van der Waals surface area (Å²) >= 11 is 12.3. The van der Waals surface area contributed by atoms with E-state index in [4.69, 9.17) is 28.9 Å². The Balaban J connectivity index is 2.64. The van der Waals surface area contributed by atoms with Crippen molar-refractivity contribution < 1.29 is 4.79 Å². The number of hydrogen-bond donors (Lipinski definition) is 2. The van der Waals surface area contributed by atoms with Gasteiger partial charge in [0.25, 0.3) is 0 Å². The highest BCUT2D eigenvalue weighted by Crippen LogP contribution is 2.33. The molecule has 1 rings (SSSR count). The summed E-state index contributed by atoms with van der Waals surface area (Å²) in [6, 6.07) is 3.57. The second-order valence-electron chi connectivity index (χ2n) is 5.72. The van der Waals surface area contributed by atoms with Crippen LogP contribution in [0.5, 0.6) is 0 Å². The third-order valence-corrected chi connectivity index (χ3v) is 4.57. The molecule has 0 aliphatic heterocycles. The molecule has 0 saturated carbocycles. The summed E-state index contributed by atoms with van der Waals surface area (Å²) in [5, 5.41) is 3.78. The van der Waals surface area contributed by atoms with Gasteiger partial charge in [-0.15, -0.1) is 0 Å². The second kappa shape index (κ2) is 8.62. The molecule has 1 atom stereocenters. The summed E-state index contributed by atoms with van der Waals surface area (Å²) in [4.78, 5) is 12.1. The predicted octanol–water partition coefficient (Wildman–Crippen LogP) is 4.64. The van der Waals surface area contributed by atoms with Crippen LogP contribution in [0.2, 0.25) is 10.0 Å². The van der Waals surface area contributed by atoms with Crippen molar-refractivity contribution in [3.8, 4) is 0 Å². The van der Waals surface area contributed by atoms with Crippen molar-refractivity contribution >= 4 is 34.8 Å². The summed E-state index contributed by atoms with van der Waals surface area (Å²) < 4.78 is 0. The van der Waals surface area contributed by atoms with Crippen molar-refractivity contribution in [1.29, 1.82) is 0 Å². The molecule has 0 spiro atoms. The Morgan fingerprint density at radius 3 is 2.52 bits per heavy atom. The van der Waals surface area contributed by atoms with Gasteiger partial charge < -0.3 is 11.1 Å². The largest absolute Gasteiger partial charge is 0.330 e. The van der Waals surface area contributed by atoms with E-state index in [0.29, 0.717) is 40.5 Å². The van der Waals surface area contributed by atoms with E-state index < -0.39 is 0 Å². The van der Waals surface area contributed by atoms with E-state index in [9.17, 15) is 4.79 Å². The predicted molar refractivity (Wildman–Crippen MR) is 91.1 cm³/mol. The molecule has 1 aromatic rings. The van der Waals surface area contributed by atoms with E-state index in [1.54, 1.807) is 6.07 Å². The van der Waals surface area contributed by atoms with Crippen LogP contribution in [0.15, 0.2) is 12.1 Å². The van der Waals surface area contributed by atoms with E-state index >= 15 is 0 Å². The Morgan fingerprint density at radius 2 is 1.95 bits per heavy atom. The van der Waals surface area contributed by atoms with Crippen molar-refractivity contribution in [1.82, 2.24) is 0 Å². The maximum atomic E-state index is 12.1. The van der Waals surface area contributed by atoms with Gasteiger partial charge in [0.2, 0.25) is 5.91 Å². The van der Waals surface area contributed by atoms with E-state index in [1.165, 1.54) is 0 Å². The molecule has 3 N–H and O–H groups in total. The van der Waals surface area contributed by atoms with Gasteiger partial charge in [0.05, 0.1) is 15.7 Å². The Bertz CT molecular complexity index is 489. The first kappa shape index (κ1) is 18.3. The first-order valence-corrected chi connectivity index (χ1v) is 8.07. The van der Waals surface area contributed by atoms with Crippen molar-refractivity contribution in [2.45, 2.75) is 40.0 Å². The number of benzene rings is 1. The highest BCUT2D eigenvalue weighted by atomic mass is 35.5. The van der Waals surface area contributed by atoms with Crippen LogP contribution in [0.1, 0.15) is 38.7 Å². The van der Waals surface area contributed by atoms with Gasteiger partial charge in [-0.2, -0.15) is 0 Å². The lowest BCUT2D eigenvalue weighted by Gasteiger charge is -2.20. The first-order valence-electron chi connectivity index (χ1n) is 7.31. The van der Waals surface area contributed by atoms with Crippen molar-refractivity contribution in [3.05, 3.63) is 27.7 Å². The standard InChI is InChI=1S/C16H24Cl2N2O/c1-10(2)12(8-9-19)5-7-14(21)20-16-13(17)6-4-11(3)15(16)18/h4,6,10,12H,5,7-9,19H2,1-3H3,(H,20,21). The maximum absolute atomic E-state index is 12.1. The molecule has 0 saturated heterocycles. The highest BCUT2D eigenvalue weighted by Gasteiger charge is 2.16. The average Bonchev–Trinajstić information content (AvgIpc) is 2.43. The minimum absolute atomic E-state index is 0.0629. The van der Waals surface area contributed by atoms with Crippen LogP contribution in [0.4, 0.5) is 5.69 Å². The third-order valence-electron chi connectivity index (χ3n) is 3.77. The fraction of sp³-hybridized carbons (Fsp3) is 0.562. The van der Waals surface area contributed by atoms with E-state index in [0.717, 1.165) is 18.4 Å². The molecule has 0 aromatic heterocycles. The molecular formula is C16H24Cl2N2O. The third kappa shape index (κ3) is 5.50. The number of amides is 1. The minimum Gasteiger partial charge on any atom is -0.330 e. The number of halogens is 2. The van der Waals surface area contributed by atoms with Crippen molar-refractivity contribution in [2.24, 2.45) is 17.6 Å². The second-order valence-corrected chi connectivity index (χ2v) is 6.51. The minimum atomic E-state index is -0.0629. The van der Waals surface area contributed by atoms with Crippen LogP contribution < -0.4 is 11.1 Å². The molecule has 1 unspecified atom stereocenters. The zero-order valence-corrected chi connectivity index (χ0v) is 14.4. The zero-order valence-electron chi connectivity index (χ0n) is 12.9. The molecule has 5 heteroatoms. The number of carbonyl (C=O) groups is 1. The molecular weight excluding hydrogens is 307 g/mol. The molecule has 0 aliphatic carbocycles. The fourth-order valence-electron chi connectivity index (χ4n) is 2.31. The van der Waals surface area contributed by atoms with Gasteiger partial charge in [0.15, 0.2) is 0 Å². The Labute approximate surface area is 137 Å². The molecule has 0 radical (unpaired) electrons. The monoisotopic (exact) mass is 330 g/mol. The van der Waals surface area contributed by atoms with Crippen molar-refractivity contribution in [2.75, 3.05) is 11.9 Å². The van der Waals surface area contributed by atoms with Crippen LogP contribution in [0.25, 0.3) is 0 Å². The van der Waals surface area contributed by atoms with Gasteiger partial charge in [-0.1, -0.05) is 43.1 Å².